The number of likely N-dealkylation sites (tertiary alicyclic amines) is 1. The number of nitro benzene ring substituents is 1. The zero-order valence-corrected chi connectivity index (χ0v) is 12.5. The van der Waals surface area contributed by atoms with Crippen molar-refractivity contribution in [3.8, 4) is 0 Å². The summed E-state index contributed by atoms with van der Waals surface area (Å²) in [5.74, 6) is -0.190. The number of carbonyl (C=O) groups is 1. The van der Waals surface area contributed by atoms with Crippen LogP contribution in [0.15, 0.2) is 18.2 Å². The number of benzene rings is 1. The summed E-state index contributed by atoms with van der Waals surface area (Å²) in [5.41, 5.74) is 0.184. The minimum Gasteiger partial charge on any atom is -0.378 e. The second kappa shape index (κ2) is 6.87. The van der Waals surface area contributed by atoms with Crippen molar-refractivity contribution in [2.45, 2.75) is 25.9 Å². The van der Waals surface area contributed by atoms with E-state index in [4.69, 9.17) is 16.3 Å². The van der Waals surface area contributed by atoms with Crippen molar-refractivity contribution in [1.29, 1.82) is 0 Å². The summed E-state index contributed by atoms with van der Waals surface area (Å²) >= 11 is 5.99. The van der Waals surface area contributed by atoms with Crippen LogP contribution in [0, 0.1) is 10.1 Å². The maximum atomic E-state index is 12.4. The molecule has 1 aliphatic rings. The Labute approximate surface area is 127 Å². The molecular formula is C14H17ClN2O4. The number of ether oxygens (including phenoxy) is 1. The molecule has 1 aromatic rings. The normalized spacial score (nSPS) is 16.0. The van der Waals surface area contributed by atoms with E-state index in [1.165, 1.54) is 18.2 Å². The fraction of sp³-hybridized carbons (Fsp3) is 0.500. The Morgan fingerprint density at radius 2 is 2.14 bits per heavy atom. The van der Waals surface area contributed by atoms with Crippen molar-refractivity contribution >= 4 is 23.2 Å². The van der Waals surface area contributed by atoms with Gasteiger partial charge in [-0.3, -0.25) is 14.9 Å². The van der Waals surface area contributed by atoms with Crippen molar-refractivity contribution in [3.05, 3.63) is 38.9 Å². The molecular weight excluding hydrogens is 296 g/mol. The SMILES string of the molecule is CCOC1CCN(C(=O)c2ccc([N+](=O)[O-])cc2Cl)CC1. The van der Waals surface area contributed by atoms with E-state index >= 15 is 0 Å². The Bertz CT molecular complexity index is 542. The van der Waals surface area contributed by atoms with E-state index in [0.29, 0.717) is 25.3 Å². The number of rotatable bonds is 4. The smallest absolute Gasteiger partial charge is 0.270 e. The first kappa shape index (κ1) is 15.7. The molecule has 6 nitrogen and oxygen atoms in total. The molecule has 0 bridgehead atoms. The van der Waals surface area contributed by atoms with Crippen LogP contribution in [0.4, 0.5) is 5.69 Å². The van der Waals surface area contributed by atoms with Gasteiger partial charge in [-0.05, 0) is 25.8 Å². The molecule has 1 aliphatic heterocycles. The summed E-state index contributed by atoms with van der Waals surface area (Å²) in [6, 6.07) is 3.92. The first-order chi connectivity index (χ1) is 10.0. The molecule has 2 rings (SSSR count). The topological polar surface area (TPSA) is 72.7 Å². The zero-order chi connectivity index (χ0) is 15.4. The Balaban J connectivity index is 2.06. The molecule has 1 heterocycles. The molecule has 21 heavy (non-hydrogen) atoms. The van der Waals surface area contributed by atoms with Crippen molar-refractivity contribution in [2.75, 3.05) is 19.7 Å². The van der Waals surface area contributed by atoms with Crippen LogP contribution in [0.1, 0.15) is 30.1 Å². The Kier molecular flexibility index (Phi) is 5.14. The molecule has 0 radical (unpaired) electrons. The predicted octanol–water partition coefficient (Wildman–Crippen LogP) is 2.89. The average molecular weight is 313 g/mol. The van der Waals surface area contributed by atoms with Gasteiger partial charge in [0.05, 0.1) is 21.6 Å². The second-order valence-corrected chi connectivity index (χ2v) is 5.28. The lowest BCUT2D eigenvalue weighted by Crippen LogP contribution is -2.41. The third kappa shape index (κ3) is 3.71. The van der Waals surface area contributed by atoms with E-state index in [2.05, 4.69) is 0 Å². The Hall–Kier alpha value is -1.66. The summed E-state index contributed by atoms with van der Waals surface area (Å²) in [6.07, 6.45) is 1.79. The van der Waals surface area contributed by atoms with Crippen LogP contribution < -0.4 is 0 Å². The minimum atomic E-state index is -0.534. The number of piperidine rings is 1. The molecule has 0 unspecified atom stereocenters. The second-order valence-electron chi connectivity index (χ2n) is 4.87. The van der Waals surface area contributed by atoms with Gasteiger partial charge in [0.2, 0.25) is 0 Å². The summed E-state index contributed by atoms with van der Waals surface area (Å²) in [6.45, 7) is 3.84. The first-order valence-electron chi connectivity index (χ1n) is 6.87. The van der Waals surface area contributed by atoms with Gasteiger partial charge in [0.1, 0.15) is 0 Å². The standard InChI is InChI=1S/C14H17ClN2O4/c1-2-21-11-5-7-16(8-6-11)14(18)12-4-3-10(17(19)20)9-13(12)15/h3-4,9,11H,2,5-8H2,1H3. The molecule has 0 aliphatic carbocycles. The minimum absolute atomic E-state index is 0.112. The van der Waals surface area contributed by atoms with Gasteiger partial charge < -0.3 is 9.64 Å². The molecule has 1 saturated heterocycles. The number of halogens is 1. The van der Waals surface area contributed by atoms with Gasteiger partial charge in [-0.25, -0.2) is 0 Å². The lowest BCUT2D eigenvalue weighted by atomic mass is 10.1. The summed E-state index contributed by atoms with van der Waals surface area (Å²) in [5, 5.41) is 10.8. The number of nitro groups is 1. The highest BCUT2D eigenvalue weighted by Gasteiger charge is 2.25. The molecule has 1 amide bonds. The van der Waals surface area contributed by atoms with E-state index in [1.54, 1.807) is 4.90 Å². The van der Waals surface area contributed by atoms with Crippen LogP contribution in [0.3, 0.4) is 0 Å². The fourth-order valence-electron chi connectivity index (χ4n) is 2.42. The summed E-state index contributed by atoms with van der Waals surface area (Å²) < 4.78 is 5.54. The maximum Gasteiger partial charge on any atom is 0.270 e. The van der Waals surface area contributed by atoms with Crippen LogP contribution in [-0.4, -0.2) is 41.5 Å². The van der Waals surface area contributed by atoms with Gasteiger partial charge in [-0.1, -0.05) is 11.6 Å². The van der Waals surface area contributed by atoms with E-state index in [1.807, 2.05) is 6.92 Å². The number of hydrogen-bond donors (Lipinski definition) is 0. The summed E-state index contributed by atoms with van der Waals surface area (Å²) in [4.78, 5) is 24.2. The average Bonchev–Trinajstić information content (AvgIpc) is 2.47. The fourth-order valence-corrected chi connectivity index (χ4v) is 2.68. The quantitative estimate of drug-likeness (QED) is 0.633. The molecule has 0 saturated carbocycles. The van der Waals surface area contributed by atoms with Crippen LogP contribution in [-0.2, 0) is 4.74 Å². The van der Waals surface area contributed by atoms with Gasteiger partial charge in [0, 0.05) is 31.8 Å². The highest BCUT2D eigenvalue weighted by molar-refractivity contribution is 6.34. The van der Waals surface area contributed by atoms with Crippen LogP contribution >= 0.6 is 11.6 Å². The van der Waals surface area contributed by atoms with E-state index in [0.717, 1.165) is 12.8 Å². The van der Waals surface area contributed by atoms with E-state index < -0.39 is 4.92 Å². The predicted molar refractivity (Wildman–Crippen MR) is 78.7 cm³/mol. The maximum absolute atomic E-state index is 12.4. The number of nitrogens with zero attached hydrogens (tertiary/aromatic N) is 2. The van der Waals surface area contributed by atoms with E-state index in [9.17, 15) is 14.9 Å². The molecule has 0 N–H and O–H groups in total. The van der Waals surface area contributed by atoms with Gasteiger partial charge in [0.15, 0.2) is 0 Å². The van der Waals surface area contributed by atoms with Gasteiger partial charge in [0.25, 0.3) is 11.6 Å². The molecule has 114 valence electrons. The molecule has 1 fully saturated rings. The largest absolute Gasteiger partial charge is 0.378 e. The molecule has 0 aromatic heterocycles. The van der Waals surface area contributed by atoms with Crippen molar-refractivity contribution in [1.82, 2.24) is 4.90 Å². The molecule has 0 atom stereocenters. The van der Waals surface area contributed by atoms with Crippen molar-refractivity contribution in [3.63, 3.8) is 0 Å². The zero-order valence-electron chi connectivity index (χ0n) is 11.8. The van der Waals surface area contributed by atoms with Crippen LogP contribution in [0.2, 0.25) is 5.02 Å². The third-order valence-electron chi connectivity index (χ3n) is 3.53. The monoisotopic (exact) mass is 312 g/mol. The van der Waals surface area contributed by atoms with Gasteiger partial charge in [-0.15, -0.1) is 0 Å². The van der Waals surface area contributed by atoms with Crippen molar-refractivity contribution < 1.29 is 14.5 Å². The van der Waals surface area contributed by atoms with Crippen LogP contribution in [0.5, 0.6) is 0 Å². The third-order valence-corrected chi connectivity index (χ3v) is 3.84. The lowest BCUT2D eigenvalue weighted by molar-refractivity contribution is -0.384. The van der Waals surface area contributed by atoms with Crippen molar-refractivity contribution in [2.24, 2.45) is 0 Å². The first-order valence-corrected chi connectivity index (χ1v) is 7.25. The number of carbonyl (C=O) groups excluding carboxylic acids is 1. The van der Waals surface area contributed by atoms with Gasteiger partial charge in [-0.2, -0.15) is 0 Å². The molecule has 7 heteroatoms. The van der Waals surface area contributed by atoms with Crippen LogP contribution in [0.25, 0.3) is 0 Å². The highest BCUT2D eigenvalue weighted by Crippen LogP contribution is 2.25. The Morgan fingerprint density at radius 3 is 2.67 bits per heavy atom. The highest BCUT2D eigenvalue weighted by atomic mass is 35.5. The van der Waals surface area contributed by atoms with E-state index in [-0.39, 0.29) is 22.7 Å². The lowest BCUT2D eigenvalue weighted by Gasteiger charge is -2.32. The Morgan fingerprint density at radius 1 is 1.48 bits per heavy atom. The number of non-ortho nitro benzene ring substituents is 1. The molecule has 1 aromatic carbocycles. The number of amides is 1. The number of hydrogen-bond acceptors (Lipinski definition) is 4. The molecule has 0 spiro atoms. The summed E-state index contributed by atoms with van der Waals surface area (Å²) in [7, 11) is 0. The van der Waals surface area contributed by atoms with Gasteiger partial charge >= 0.3 is 0 Å².